The second-order valence-electron chi connectivity index (χ2n) is 2.11. The minimum atomic E-state index is 0.200. The van der Waals surface area contributed by atoms with E-state index in [-0.39, 0.29) is 5.75 Å². The molecule has 0 aliphatic heterocycles. The Morgan fingerprint density at radius 3 is 2.82 bits per heavy atom. The van der Waals surface area contributed by atoms with Gasteiger partial charge in [0, 0.05) is 13.1 Å². The van der Waals surface area contributed by atoms with Crippen LogP contribution in [0.15, 0.2) is 23.2 Å². The molecule has 0 atom stereocenters. The standard InChI is InChI=1S/C8H10N2O/c1-9-7-4-3-6(11)5-8(7)10-2/h3-5,9,11H,2H2,1H3. The Morgan fingerprint density at radius 1 is 1.55 bits per heavy atom. The van der Waals surface area contributed by atoms with Gasteiger partial charge in [0.2, 0.25) is 0 Å². The van der Waals surface area contributed by atoms with Gasteiger partial charge in [-0.3, -0.25) is 4.99 Å². The number of anilines is 1. The van der Waals surface area contributed by atoms with Crippen molar-refractivity contribution in [2.45, 2.75) is 0 Å². The lowest BCUT2D eigenvalue weighted by Gasteiger charge is -2.03. The third-order valence-corrected chi connectivity index (χ3v) is 1.42. The molecule has 1 aromatic carbocycles. The van der Waals surface area contributed by atoms with Gasteiger partial charge in [-0.05, 0) is 18.9 Å². The van der Waals surface area contributed by atoms with Gasteiger partial charge in [-0.1, -0.05) is 0 Å². The van der Waals surface area contributed by atoms with E-state index >= 15 is 0 Å². The SMILES string of the molecule is C=Nc1cc(O)ccc1NC. The van der Waals surface area contributed by atoms with Crippen molar-refractivity contribution in [3.63, 3.8) is 0 Å². The van der Waals surface area contributed by atoms with E-state index in [1.165, 1.54) is 0 Å². The summed E-state index contributed by atoms with van der Waals surface area (Å²) in [5.41, 5.74) is 1.52. The zero-order valence-corrected chi connectivity index (χ0v) is 6.33. The van der Waals surface area contributed by atoms with Crippen LogP contribution in [0.5, 0.6) is 5.75 Å². The molecule has 0 heterocycles. The smallest absolute Gasteiger partial charge is 0.117 e. The topological polar surface area (TPSA) is 44.6 Å². The molecule has 0 fully saturated rings. The summed E-state index contributed by atoms with van der Waals surface area (Å²) in [6, 6.07) is 4.90. The Kier molecular flexibility index (Phi) is 2.11. The Bertz CT molecular complexity index is 271. The van der Waals surface area contributed by atoms with Crippen LogP contribution in [0.2, 0.25) is 0 Å². The number of nitrogens with zero attached hydrogens (tertiary/aromatic N) is 1. The molecule has 11 heavy (non-hydrogen) atoms. The first-order valence-electron chi connectivity index (χ1n) is 3.25. The number of phenols is 1. The van der Waals surface area contributed by atoms with Crippen molar-refractivity contribution in [2.75, 3.05) is 12.4 Å². The van der Waals surface area contributed by atoms with Crippen LogP contribution in [0.25, 0.3) is 0 Å². The van der Waals surface area contributed by atoms with Gasteiger partial charge >= 0.3 is 0 Å². The van der Waals surface area contributed by atoms with Gasteiger partial charge in [-0.15, -0.1) is 0 Å². The van der Waals surface area contributed by atoms with Crippen LogP contribution in [0, 0.1) is 0 Å². The Hall–Kier alpha value is -1.51. The maximum absolute atomic E-state index is 9.05. The molecule has 0 bridgehead atoms. The van der Waals surface area contributed by atoms with E-state index < -0.39 is 0 Å². The molecular formula is C8H10N2O. The molecule has 0 amide bonds. The van der Waals surface area contributed by atoms with Crippen molar-refractivity contribution in [3.05, 3.63) is 18.2 Å². The zero-order chi connectivity index (χ0) is 8.27. The van der Waals surface area contributed by atoms with E-state index in [1.807, 2.05) is 0 Å². The predicted octanol–water partition coefficient (Wildman–Crippen LogP) is 1.77. The fraction of sp³-hybridized carbons (Fsp3) is 0.125. The highest BCUT2D eigenvalue weighted by molar-refractivity contribution is 5.69. The first kappa shape index (κ1) is 7.60. The second-order valence-corrected chi connectivity index (χ2v) is 2.11. The molecule has 0 radical (unpaired) electrons. The van der Waals surface area contributed by atoms with Crippen molar-refractivity contribution in [1.29, 1.82) is 0 Å². The normalized spacial score (nSPS) is 9.18. The average Bonchev–Trinajstić information content (AvgIpc) is 2.04. The first-order chi connectivity index (χ1) is 5.27. The van der Waals surface area contributed by atoms with Crippen LogP contribution < -0.4 is 5.32 Å². The van der Waals surface area contributed by atoms with Gasteiger partial charge in [0.15, 0.2) is 0 Å². The lowest BCUT2D eigenvalue weighted by Crippen LogP contribution is -1.86. The molecule has 1 rings (SSSR count). The summed E-state index contributed by atoms with van der Waals surface area (Å²) in [6.45, 7) is 3.38. The van der Waals surface area contributed by atoms with E-state index in [1.54, 1.807) is 25.2 Å². The molecule has 0 aromatic heterocycles. The fourth-order valence-electron chi connectivity index (χ4n) is 0.862. The summed E-state index contributed by atoms with van der Waals surface area (Å²) in [4.78, 5) is 3.73. The molecule has 0 saturated heterocycles. The maximum Gasteiger partial charge on any atom is 0.117 e. The minimum Gasteiger partial charge on any atom is -0.508 e. The Balaban J connectivity index is 3.16. The van der Waals surface area contributed by atoms with Gasteiger partial charge in [-0.25, -0.2) is 0 Å². The molecule has 3 heteroatoms. The van der Waals surface area contributed by atoms with E-state index in [9.17, 15) is 0 Å². The zero-order valence-electron chi connectivity index (χ0n) is 6.33. The van der Waals surface area contributed by atoms with Gasteiger partial charge in [0.25, 0.3) is 0 Å². The molecule has 0 aliphatic rings. The lowest BCUT2D eigenvalue weighted by molar-refractivity contribution is 0.475. The Labute approximate surface area is 65.4 Å². The molecule has 2 N–H and O–H groups in total. The van der Waals surface area contributed by atoms with Crippen LogP contribution in [-0.2, 0) is 0 Å². The maximum atomic E-state index is 9.05. The van der Waals surface area contributed by atoms with Gasteiger partial charge in [0.05, 0.1) is 11.4 Å². The summed E-state index contributed by atoms with van der Waals surface area (Å²) in [5, 5.41) is 12.0. The monoisotopic (exact) mass is 150 g/mol. The molecule has 0 aliphatic carbocycles. The third kappa shape index (κ3) is 1.49. The molecule has 58 valence electrons. The van der Waals surface area contributed by atoms with Crippen LogP contribution in [0.1, 0.15) is 0 Å². The third-order valence-electron chi connectivity index (χ3n) is 1.42. The largest absolute Gasteiger partial charge is 0.508 e. The summed E-state index contributed by atoms with van der Waals surface area (Å²) >= 11 is 0. The first-order valence-corrected chi connectivity index (χ1v) is 3.25. The van der Waals surface area contributed by atoms with E-state index in [0.717, 1.165) is 5.69 Å². The van der Waals surface area contributed by atoms with Crippen LogP contribution in [0.4, 0.5) is 11.4 Å². The molecule has 1 aromatic rings. The van der Waals surface area contributed by atoms with E-state index in [2.05, 4.69) is 17.0 Å². The number of rotatable bonds is 2. The molecule has 0 unspecified atom stereocenters. The van der Waals surface area contributed by atoms with Gasteiger partial charge in [-0.2, -0.15) is 0 Å². The van der Waals surface area contributed by atoms with Crippen molar-refractivity contribution in [2.24, 2.45) is 4.99 Å². The highest BCUT2D eigenvalue weighted by Gasteiger charge is 1.97. The average molecular weight is 150 g/mol. The second kappa shape index (κ2) is 3.05. The Morgan fingerprint density at radius 2 is 2.27 bits per heavy atom. The van der Waals surface area contributed by atoms with Crippen molar-refractivity contribution < 1.29 is 5.11 Å². The minimum absolute atomic E-state index is 0.200. The number of hydrogen-bond donors (Lipinski definition) is 2. The summed E-state index contributed by atoms with van der Waals surface area (Å²) in [6.07, 6.45) is 0. The quantitative estimate of drug-likeness (QED) is 0.498. The highest BCUT2D eigenvalue weighted by Crippen LogP contribution is 2.27. The molecule has 3 nitrogen and oxygen atoms in total. The van der Waals surface area contributed by atoms with Gasteiger partial charge < -0.3 is 10.4 Å². The number of aliphatic imine (C=N–C) groups is 1. The molecular weight excluding hydrogens is 140 g/mol. The summed E-state index contributed by atoms with van der Waals surface area (Å²) < 4.78 is 0. The number of aromatic hydroxyl groups is 1. The number of hydrogen-bond acceptors (Lipinski definition) is 3. The predicted molar refractivity (Wildman–Crippen MR) is 46.9 cm³/mol. The van der Waals surface area contributed by atoms with Gasteiger partial charge in [0.1, 0.15) is 5.75 Å². The van der Waals surface area contributed by atoms with Crippen molar-refractivity contribution in [1.82, 2.24) is 0 Å². The number of nitrogens with one attached hydrogen (secondary N) is 1. The van der Waals surface area contributed by atoms with Crippen LogP contribution >= 0.6 is 0 Å². The number of phenolic OH excluding ortho intramolecular Hbond substituents is 1. The molecule has 0 spiro atoms. The number of benzene rings is 1. The van der Waals surface area contributed by atoms with Crippen molar-refractivity contribution in [3.8, 4) is 5.75 Å². The lowest BCUT2D eigenvalue weighted by atomic mass is 10.2. The summed E-state index contributed by atoms with van der Waals surface area (Å²) in [7, 11) is 1.79. The van der Waals surface area contributed by atoms with Crippen LogP contribution in [-0.4, -0.2) is 18.9 Å². The fourth-order valence-corrected chi connectivity index (χ4v) is 0.862. The van der Waals surface area contributed by atoms with Crippen molar-refractivity contribution >= 4 is 18.1 Å². The van der Waals surface area contributed by atoms with E-state index in [4.69, 9.17) is 5.11 Å². The van der Waals surface area contributed by atoms with Crippen LogP contribution in [0.3, 0.4) is 0 Å². The summed E-state index contributed by atoms with van der Waals surface area (Å²) in [5.74, 6) is 0.200. The molecule has 0 saturated carbocycles. The van der Waals surface area contributed by atoms with E-state index in [0.29, 0.717) is 5.69 Å². The highest BCUT2D eigenvalue weighted by atomic mass is 16.3.